The van der Waals surface area contributed by atoms with Crippen molar-refractivity contribution in [3.63, 3.8) is 0 Å². The van der Waals surface area contributed by atoms with Crippen LogP contribution in [-0.4, -0.2) is 23.5 Å². The van der Waals surface area contributed by atoms with Gasteiger partial charge in [0.05, 0.1) is 6.04 Å². The van der Waals surface area contributed by atoms with E-state index in [0.717, 1.165) is 23.3 Å². The Bertz CT molecular complexity index is 544. The molecule has 2 aromatic rings. The lowest BCUT2D eigenvalue weighted by Gasteiger charge is -2.29. The highest BCUT2D eigenvalue weighted by Crippen LogP contribution is 2.29. The molecule has 2 N–H and O–H groups in total. The summed E-state index contributed by atoms with van der Waals surface area (Å²) in [6.07, 6.45) is 3.78. The molecule has 1 aliphatic rings. The Labute approximate surface area is 120 Å². The van der Waals surface area contributed by atoms with Crippen LogP contribution in [0, 0.1) is 0 Å². The van der Waals surface area contributed by atoms with E-state index >= 15 is 0 Å². The van der Waals surface area contributed by atoms with Crippen molar-refractivity contribution in [2.24, 2.45) is 5.73 Å². The summed E-state index contributed by atoms with van der Waals surface area (Å²) in [4.78, 5) is 2.55. The topological polar surface area (TPSA) is 42.4 Å². The zero-order chi connectivity index (χ0) is 14.1. The Morgan fingerprint density at radius 2 is 2.15 bits per heavy atom. The summed E-state index contributed by atoms with van der Waals surface area (Å²) < 4.78 is 5.89. The SMILES string of the molecule is CCC1CCC(C)N1CC(N)c1cc2ccccc2o1. The van der Waals surface area contributed by atoms with Crippen LogP contribution in [0.15, 0.2) is 34.7 Å². The molecule has 1 aromatic carbocycles. The molecule has 108 valence electrons. The number of hydrogen-bond acceptors (Lipinski definition) is 3. The second kappa shape index (κ2) is 5.58. The third-order valence-electron chi connectivity index (χ3n) is 4.64. The average Bonchev–Trinajstić information content (AvgIpc) is 3.03. The van der Waals surface area contributed by atoms with Gasteiger partial charge in [0.2, 0.25) is 0 Å². The predicted molar refractivity (Wildman–Crippen MR) is 82.6 cm³/mol. The van der Waals surface area contributed by atoms with E-state index in [1.165, 1.54) is 19.3 Å². The average molecular weight is 272 g/mol. The van der Waals surface area contributed by atoms with E-state index in [1.54, 1.807) is 0 Å². The molecule has 1 aliphatic heterocycles. The molecule has 1 aromatic heterocycles. The fraction of sp³-hybridized carbons (Fsp3) is 0.529. The van der Waals surface area contributed by atoms with Crippen molar-refractivity contribution in [3.05, 3.63) is 36.1 Å². The number of benzene rings is 1. The van der Waals surface area contributed by atoms with E-state index in [4.69, 9.17) is 10.2 Å². The lowest BCUT2D eigenvalue weighted by Crippen LogP contribution is -2.39. The van der Waals surface area contributed by atoms with Gasteiger partial charge >= 0.3 is 0 Å². The van der Waals surface area contributed by atoms with Crippen molar-refractivity contribution in [1.82, 2.24) is 4.90 Å². The summed E-state index contributed by atoms with van der Waals surface area (Å²) >= 11 is 0. The maximum absolute atomic E-state index is 6.38. The van der Waals surface area contributed by atoms with Gasteiger partial charge in [0.15, 0.2) is 0 Å². The molecule has 3 nitrogen and oxygen atoms in total. The van der Waals surface area contributed by atoms with Gasteiger partial charge in [0, 0.05) is 24.0 Å². The second-order valence-electron chi connectivity index (χ2n) is 5.98. The van der Waals surface area contributed by atoms with E-state index < -0.39 is 0 Å². The van der Waals surface area contributed by atoms with Gasteiger partial charge in [0.25, 0.3) is 0 Å². The van der Waals surface area contributed by atoms with Crippen LogP contribution in [-0.2, 0) is 0 Å². The third kappa shape index (κ3) is 2.48. The summed E-state index contributed by atoms with van der Waals surface area (Å²) in [7, 11) is 0. The van der Waals surface area contributed by atoms with E-state index in [0.29, 0.717) is 12.1 Å². The predicted octanol–water partition coefficient (Wildman–Crippen LogP) is 3.70. The first-order valence-electron chi connectivity index (χ1n) is 7.69. The molecule has 3 unspecified atom stereocenters. The quantitative estimate of drug-likeness (QED) is 0.923. The highest BCUT2D eigenvalue weighted by atomic mass is 16.3. The van der Waals surface area contributed by atoms with Crippen molar-refractivity contribution in [2.75, 3.05) is 6.54 Å². The standard InChI is InChI=1S/C17H24N2O/c1-3-14-9-8-12(2)19(14)11-15(18)17-10-13-6-4-5-7-16(13)20-17/h4-7,10,12,14-15H,3,8-9,11,18H2,1-2H3. The van der Waals surface area contributed by atoms with Crippen molar-refractivity contribution in [1.29, 1.82) is 0 Å². The molecule has 3 rings (SSSR count). The van der Waals surface area contributed by atoms with Crippen LogP contribution in [0.25, 0.3) is 11.0 Å². The molecule has 1 fully saturated rings. The van der Waals surface area contributed by atoms with Crippen LogP contribution in [0.3, 0.4) is 0 Å². The molecule has 0 aliphatic carbocycles. The molecule has 0 saturated carbocycles. The van der Waals surface area contributed by atoms with Crippen molar-refractivity contribution in [2.45, 2.75) is 51.2 Å². The minimum atomic E-state index is -0.0444. The Kier molecular flexibility index (Phi) is 3.81. The minimum Gasteiger partial charge on any atom is -0.459 e. The molecule has 0 amide bonds. The summed E-state index contributed by atoms with van der Waals surface area (Å²) in [6.45, 7) is 5.46. The largest absolute Gasteiger partial charge is 0.459 e. The highest BCUT2D eigenvalue weighted by molar-refractivity contribution is 5.77. The Hall–Kier alpha value is -1.32. The highest BCUT2D eigenvalue weighted by Gasteiger charge is 2.31. The molecule has 2 heterocycles. The summed E-state index contributed by atoms with van der Waals surface area (Å²) in [5.41, 5.74) is 7.31. The van der Waals surface area contributed by atoms with Crippen LogP contribution in [0.1, 0.15) is 44.9 Å². The smallest absolute Gasteiger partial charge is 0.134 e. The molecule has 0 radical (unpaired) electrons. The van der Waals surface area contributed by atoms with Crippen LogP contribution in [0.5, 0.6) is 0 Å². The number of likely N-dealkylation sites (tertiary alicyclic amines) is 1. The number of fused-ring (bicyclic) bond motifs is 1. The van der Waals surface area contributed by atoms with Crippen molar-refractivity contribution >= 4 is 11.0 Å². The van der Waals surface area contributed by atoms with Crippen LogP contribution < -0.4 is 5.73 Å². The van der Waals surface area contributed by atoms with Gasteiger partial charge in [-0.05, 0) is 38.3 Å². The van der Waals surface area contributed by atoms with E-state index in [-0.39, 0.29) is 6.04 Å². The maximum atomic E-state index is 6.38. The monoisotopic (exact) mass is 272 g/mol. The molecule has 1 saturated heterocycles. The van der Waals surface area contributed by atoms with Crippen molar-refractivity contribution < 1.29 is 4.42 Å². The summed E-state index contributed by atoms with van der Waals surface area (Å²) in [5.74, 6) is 0.903. The number of para-hydroxylation sites is 1. The van der Waals surface area contributed by atoms with Gasteiger partial charge in [-0.1, -0.05) is 25.1 Å². The number of furan rings is 1. The number of hydrogen-bond donors (Lipinski definition) is 1. The number of nitrogens with zero attached hydrogens (tertiary/aromatic N) is 1. The zero-order valence-electron chi connectivity index (χ0n) is 12.4. The van der Waals surface area contributed by atoms with Crippen LogP contribution in [0.2, 0.25) is 0 Å². The molecular formula is C17H24N2O. The van der Waals surface area contributed by atoms with Gasteiger partial charge in [0.1, 0.15) is 11.3 Å². The zero-order valence-corrected chi connectivity index (χ0v) is 12.4. The molecular weight excluding hydrogens is 248 g/mol. The van der Waals surface area contributed by atoms with E-state index in [9.17, 15) is 0 Å². The van der Waals surface area contributed by atoms with E-state index in [2.05, 4.69) is 30.9 Å². The molecule has 0 bridgehead atoms. The molecule has 3 heteroatoms. The molecule has 0 spiro atoms. The Balaban J connectivity index is 1.76. The summed E-state index contributed by atoms with van der Waals surface area (Å²) in [5, 5.41) is 1.14. The van der Waals surface area contributed by atoms with Gasteiger partial charge in [-0.3, -0.25) is 4.90 Å². The first-order valence-corrected chi connectivity index (χ1v) is 7.69. The first kappa shape index (κ1) is 13.7. The fourth-order valence-electron chi connectivity index (χ4n) is 3.40. The van der Waals surface area contributed by atoms with Crippen molar-refractivity contribution in [3.8, 4) is 0 Å². The third-order valence-corrected chi connectivity index (χ3v) is 4.64. The Morgan fingerprint density at radius 1 is 1.35 bits per heavy atom. The first-order chi connectivity index (χ1) is 9.69. The molecule has 20 heavy (non-hydrogen) atoms. The van der Waals surface area contributed by atoms with Gasteiger partial charge in [-0.2, -0.15) is 0 Å². The Morgan fingerprint density at radius 3 is 2.90 bits per heavy atom. The number of rotatable bonds is 4. The van der Waals surface area contributed by atoms with Gasteiger partial charge < -0.3 is 10.2 Å². The molecule has 3 atom stereocenters. The van der Waals surface area contributed by atoms with E-state index in [1.807, 2.05) is 18.2 Å². The number of nitrogens with two attached hydrogens (primary N) is 1. The van der Waals surface area contributed by atoms with Crippen LogP contribution in [0.4, 0.5) is 0 Å². The summed E-state index contributed by atoms with van der Waals surface area (Å²) in [6, 6.07) is 11.5. The minimum absolute atomic E-state index is 0.0444. The van der Waals surface area contributed by atoms with Crippen LogP contribution >= 0.6 is 0 Å². The normalized spacial score (nSPS) is 25.4. The van der Waals surface area contributed by atoms with Gasteiger partial charge in [-0.15, -0.1) is 0 Å². The fourth-order valence-corrected chi connectivity index (χ4v) is 3.40. The van der Waals surface area contributed by atoms with Gasteiger partial charge in [-0.25, -0.2) is 0 Å². The lowest BCUT2D eigenvalue weighted by molar-refractivity contribution is 0.181. The lowest BCUT2D eigenvalue weighted by atomic mass is 10.1. The maximum Gasteiger partial charge on any atom is 0.134 e. The second-order valence-corrected chi connectivity index (χ2v) is 5.98.